The van der Waals surface area contributed by atoms with Crippen LogP contribution in [0.15, 0.2) is 12.3 Å². The van der Waals surface area contributed by atoms with E-state index in [1.165, 1.54) is 19.3 Å². The van der Waals surface area contributed by atoms with Gasteiger partial charge >= 0.3 is 0 Å². The van der Waals surface area contributed by atoms with Crippen LogP contribution in [-0.2, 0) is 10.0 Å². The Morgan fingerprint density at radius 2 is 1.71 bits per heavy atom. The first-order valence-electron chi connectivity index (χ1n) is 8.91. The molecule has 0 radical (unpaired) electrons. The van der Waals surface area contributed by atoms with Crippen molar-refractivity contribution in [3.8, 4) is 0 Å². The Morgan fingerprint density at radius 1 is 1.00 bits per heavy atom. The number of anilines is 2. The highest BCUT2D eigenvalue weighted by molar-refractivity contribution is 7.89. The quantitative estimate of drug-likeness (QED) is 0.795. The topological polar surface area (TPSA) is 69.6 Å². The van der Waals surface area contributed by atoms with Gasteiger partial charge in [-0.25, -0.2) is 13.4 Å². The smallest absolute Gasteiger partial charge is 0.227 e. The van der Waals surface area contributed by atoms with E-state index in [4.69, 9.17) is 4.98 Å². The molecule has 0 aliphatic carbocycles. The number of nitrogens with zero attached hydrogens (tertiary/aromatic N) is 5. The van der Waals surface area contributed by atoms with Crippen LogP contribution in [0.5, 0.6) is 0 Å². The Labute approximate surface area is 144 Å². The summed E-state index contributed by atoms with van der Waals surface area (Å²) in [7, 11) is -3.10. The summed E-state index contributed by atoms with van der Waals surface area (Å²) in [6.07, 6.45) is 6.15. The van der Waals surface area contributed by atoms with Crippen LogP contribution < -0.4 is 9.80 Å². The number of rotatable bonds is 5. The molecule has 2 saturated heterocycles. The second kappa shape index (κ2) is 7.65. The van der Waals surface area contributed by atoms with Crippen molar-refractivity contribution >= 4 is 21.8 Å². The standard InChI is InChI=1S/C16H27N5O2S/c1-2-14-24(22,23)21-12-10-19(11-13-21)15-6-7-17-16(18-15)20-8-4-3-5-9-20/h6-7H,2-5,8-14H2,1H3. The fraction of sp³-hybridized carbons (Fsp3) is 0.750. The van der Waals surface area contributed by atoms with Gasteiger partial charge in [0, 0.05) is 45.5 Å². The zero-order chi connectivity index (χ0) is 17.0. The lowest BCUT2D eigenvalue weighted by atomic mass is 10.1. The summed E-state index contributed by atoms with van der Waals surface area (Å²) in [6.45, 7) is 6.37. The SMILES string of the molecule is CCCS(=O)(=O)N1CCN(c2ccnc(N3CCCCC3)n2)CC1. The van der Waals surface area contributed by atoms with Crippen LogP contribution in [0.25, 0.3) is 0 Å². The molecule has 7 nitrogen and oxygen atoms in total. The summed E-state index contributed by atoms with van der Waals surface area (Å²) in [5, 5.41) is 0. The Balaban J connectivity index is 1.64. The first kappa shape index (κ1) is 17.4. The van der Waals surface area contributed by atoms with E-state index in [0.717, 1.165) is 24.9 Å². The fourth-order valence-corrected chi connectivity index (χ4v) is 4.84. The van der Waals surface area contributed by atoms with Crippen molar-refractivity contribution in [1.82, 2.24) is 14.3 Å². The summed E-state index contributed by atoms with van der Waals surface area (Å²) in [6, 6.07) is 1.92. The lowest BCUT2D eigenvalue weighted by Gasteiger charge is -2.35. The molecule has 3 rings (SSSR count). The Morgan fingerprint density at radius 3 is 2.38 bits per heavy atom. The molecule has 134 valence electrons. The monoisotopic (exact) mass is 353 g/mol. The summed E-state index contributed by atoms with van der Waals surface area (Å²) >= 11 is 0. The molecule has 0 aromatic carbocycles. The Bertz CT molecular complexity index is 638. The number of aromatic nitrogens is 2. The molecule has 8 heteroatoms. The number of hydrogen-bond acceptors (Lipinski definition) is 6. The van der Waals surface area contributed by atoms with Crippen molar-refractivity contribution < 1.29 is 8.42 Å². The van der Waals surface area contributed by atoms with Gasteiger partial charge in [0.25, 0.3) is 0 Å². The summed E-state index contributed by atoms with van der Waals surface area (Å²) < 4.78 is 25.9. The van der Waals surface area contributed by atoms with E-state index in [1.807, 2.05) is 19.2 Å². The minimum absolute atomic E-state index is 0.236. The predicted molar refractivity (Wildman–Crippen MR) is 96.0 cm³/mol. The molecule has 0 N–H and O–H groups in total. The maximum absolute atomic E-state index is 12.2. The van der Waals surface area contributed by atoms with Crippen molar-refractivity contribution in [2.45, 2.75) is 32.6 Å². The highest BCUT2D eigenvalue weighted by Gasteiger charge is 2.27. The van der Waals surface area contributed by atoms with Gasteiger partial charge in [0.05, 0.1) is 5.75 Å². The van der Waals surface area contributed by atoms with Gasteiger partial charge in [-0.15, -0.1) is 0 Å². The van der Waals surface area contributed by atoms with E-state index in [0.29, 0.717) is 32.6 Å². The van der Waals surface area contributed by atoms with Gasteiger partial charge in [0.2, 0.25) is 16.0 Å². The van der Waals surface area contributed by atoms with Crippen molar-refractivity contribution in [1.29, 1.82) is 0 Å². The number of hydrogen-bond donors (Lipinski definition) is 0. The minimum Gasteiger partial charge on any atom is -0.354 e. The Kier molecular flexibility index (Phi) is 5.55. The third-order valence-electron chi connectivity index (χ3n) is 4.69. The molecule has 0 unspecified atom stereocenters. The van der Waals surface area contributed by atoms with Gasteiger partial charge in [-0.1, -0.05) is 6.92 Å². The lowest BCUT2D eigenvalue weighted by molar-refractivity contribution is 0.383. The third kappa shape index (κ3) is 3.97. The number of piperidine rings is 1. The Hall–Kier alpha value is -1.41. The van der Waals surface area contributed by atoms with Crippen LogP contribution in [0.2, 0.25) is 0 Å². The van der Waals surface area contributed by atoms with Gasteiger partial charge in [-0.2, -0.15) is 9.29 Å². The maximum atomic E-state index is 12.2. The molecule has 0 spiro atoms. The lowest BCUT2D eigenvalue weighted by Crippen LogP contribution is -2.49. The van der Waals surface area contributed by atoms with Crippen molar-refractivity contribution in [3.63, 3.8) is 0 Å². The molecule has 2 aliphatic heterocycles. The van der Waals surface area contributed by atoms with E-state index >= 15 is 0 Å². The highest BCUT2D eigenvalue weighted by atomic mass is 32.2. The predicted octanol–water partition coefficient (Wildman–Crippen LogP) is 1.33. The normalized spacial score (nSPS) is 20.4. The van der Waals surface area contributed by atoms with E-state index in [2.05, 4.69) is 14.8 Å². The zero-order valence-electron chi connectivity index (χ0n) is 14.4. The van der Waals surface area contributed by atoms with Crippen LogP contribution in [-0.4, -0.2) is 67.7 Å². The molecule has 0 saturated carbocycles. The minimum atomic E-state index is -3.10. The van der Waals surface area contributed by atoms with Gasteiger partial charge in [-0.05, 0) is 31.7 Å². The molecule has 0 bridgehead atoms. The third-order valence-corrected chi connectivity index (χ3v) is 6.76. The highest BCUT2D eigenvalue weighted by Crippen LogP contribution is 2.20. The molecular formula is C16H27N5O2S. The molecule has 2 aliphatic rings. The van der Waals surface area contributed by atoms with E-state index in [1.54, 1.807) is 4.31 Å². The van der Waals surface area contributed by atoms with E-state index < -0.39 is 10.0 Å². The summed E-state index contributed by atoms with van der Waals surface area (Å²) in [5.74, 6) is 1.94. The molecule has 0 amide bonds. The largest absolute Gasteiger partial charge is 0.354 e. The second-order valence-corrected chi connectivity index (χ2v) is 8.55. The molecule has 1 aromatic rings. The molecule has 0 atom stereocenters. The molecule has 24 heavy (non-hydrogen) atoms. The first-order valence-corrected chi connectivity index (χ1v) is 10.5. The van der Waals surface area contributed by atoms with Crippen LogP contribution >= 0.6 is 0 Å². The average molecular weight is 353 g/mol. The molecule has 3 heterocycles. The van der Waals surface area contributed by atoms with Gasteiger partial charge in [-0.3, -0.25) is 0 Å². The van der Waals surface area contributed by atoms with Crippen LogP contribution in [0.1, 0.15) is 32.6 Å². The second-order valence-electron chi connectivity index (χ2n) is 6.46. The molecule has 1 aromatic heterocycles. The summed E-state index contributed by atoms with van der Waals surface area (Å²) in [5.41, 5.74) is 0. The van der Waals surface area contributed by atoms with Gasteiger partial charge < -0.3 is 9.80 Å². The first-order chi connectivity index (χ1) is 11.6. The zero-order valence-corrected chi connectivity index (χ0v) is 15.2. The summed E-state index contributed by atoms with van der Waals surface area (Å²) in [4.78, 5) is 13.5. The molecular weight excluding hydrogens is 326 g/mol. The van der Waals surface area contributed by atoms with Crippen LogP contribution in [0, 0.1) is 0 Å². The van der Waals surface area contributed by atoms with Crippen LogP contribution in [0.4, 0.5) is 11.8 Å². The maximum Gasteiger partial charge on any atom is 0.227 e. The van der Waals surface area contributed by atoms with Crippen molar-refractivity contribution in [2.24, 2.45) is 0 Å². The van der Waals surface area contributed by atoms with Gasteiger partial charge in [0.1, 0.15) is 5.82 Å². The molecule has 2 fully saturated rings. The number of piperazine rings is 1. The average Bonchev–Trinajstić information content (AvgIpc) is 2.63. The van der Waals surface area contributed by atoms with E-state index in [-0.39, 0.29) is 5.75 Å². The van der Waals surface area contributed by atoms with Crippen molar-refractivity contribution in [2.75, 3.05) is 54.8 Å². The fourth-order valence-electron chi connectivity index (χ4n) is 3.34. The van der Waals surface area contributed by atoms with Gasteiger partial charge in [0.15, 0.2) is 0 Å². The van der Waals surface area contributed by atoms with Crippen molar-refractivity contribution in [3.05, 3.63) is 12.3 Å². The van der Waals surface area contributed by atoms with Crippen LogP contribution in [0.3, 0.4) is 0 Å². The van der Waals surface area contributed by atoms with E-state index in [9.17, 15) is 8.42 Å². The number of sulfonamides is 1.